The molecule has 0 aliphatic carbocycles. The van der Waals surface area contributed by atoms with Crippen molar-refractivity contribution in [3.05, 3.63) is 23.8 Å². The van der Waals surface area contributed by atoms with Gasteiger partial charge in [-0.3, -0.25) is 4.79 Å². The molecule has 2 saturated heterocycles. The van der Waals surface area contributed by atoms with Crippen molar-refractivity contribution in [2.45, 2.75) is 44.2 Å². The van der Waals surface area contributed by atoms with Crippen LogP contribution in [0.4, 0.5) is 4.79 Å². The number of rotatable bonds is 2. The van der Waals surface area contributed by atoms with Gasteiger partial charge in [0.25, 0.3) is 0 Å². The lowest BCUT2D eigenvalue weighted by Gasteiger charge is -2.28. The number of fused-ring (bicyclic) bond motifs is 1. The van der Waals surface area contributed by atoms with Crippen LogP contribution in [-0.2, 0) is 4.79 Å². The average Bonchev–Trinajstić information content (AvgIpc) is 3.07. The van der Waals surface area contributed by atoms with Crippen LogP contribution in [0.25, 0.3) is 0 Å². The van der Waals surface area contributed by atoms with Crippen LogP contribution in [-0.4, -0.2) is 49.2 Å². The van der Waals surface area contributed by atoms with Gasteiger partial charge in [0.05, 0.1) is 6.04 Å². The highest BCUT2D eigenvalue weighted by molar-refractivity contribution is 5.87. The summed E-state index contributed by atoms with van der Waals surface area (Å²) in [5, 5.41) is 5.80. The summed E-state index contributed by atoms with van der Waals surface area (Å²) in [6.07, 6.45) is 4.45. The Morgan fingerprint density at radius 1 is 1.12 bits per heavy atom. The summed E-state index contributed by atoms with van der Waals surface area (Å²) in [6, 6.07) is 5.29. The van der Waals surface area contributed by atoms with Crippen molar-refractivity contribution in [3.8, 4) is 11.5 Å². The Labute approximate surface area is 153 Å². The Kier molecular flexibility index (Phi) is 4.86. The molecule has 4 rings (SSSR count). The van der Waals surface area contributed by atoms with E-state index >= 15 is 0 Å². The molecule has 3 amide bonds. The Bertz CT molecular complexity index is 693. The maximum atomic E-state index is 12.8. The molecule has 2 atom stereocenters. The molecule has 0 bridgehead atoms. The third-order valence-corrected chi connectivity index (χ3v) is 5.30. The number of amides is 3. The molecule has 7 nitrogen and oxygen atoms in total. The minimum absolute atomic E-state index is 0.000309. The van der Waals surface area contributed by atoms with Crippen molar-refractivity contribution >= 4 is 11.9 Å². The van der Waals surface area contributed by atoms with Gasteiger partial charge >= 0.3 is 6.03 Å². The van der Waals surface area contributed by atoms with Gasteiger partial charge in [-0.05, 0) is 49.8 Å². The molecular weight excluding hydrogens is 334 g/mol. The standard InChI is InChI=1S/C19H25N3O4/c23-18-14(4-1-2-8-20-18)21-19(24)22-9-3-5-15(22)13-6-7-16-17(12-13)26-11-10-25-16/h6-7,12,14-15H,1-5,8-11H2,(H,20,23)(H,21,24)/t14-,15+/m1/s1. The number of nitrogens with zero attached hydrogens (tertiary/aromatic N) is 1. The lowest BCUT2D eigenvalue weighted by atomic mass is 10.0. The Morgan fingerprint density at radius 2 is 1.96 bits per heavy atom. The Morgan fingerprint density at radius 3 is 2.85 bits per heavy atom. The van der Waals surface area contributed by atoms with E-state index in [-0.39, 0.29) is 18.0 Å². The van der Waals surface area contributed by atoms with Gasteiger partial charge in [-0.15, -0.1) is 0 Å². The van der Waals surface area contributed by atoms with Crippen LogP contribution >= 0.6 is 0 Å². The van der Waals surface area contributed by atoms with E-state index in [1.54, 1.807) is 0 Å². The summed E-state index contributed by atoms with van der Waals surface area (Å²) in [5.41, 5.74) is 1.05. The number of nitrogens with one attached hydrogen (secondary N) is 2. The molecular formula is C19H25N3O4. The molecule has 26 heavy (non-hydrogen) atoms. The average molecular weight is 359 g/mol. The molecule has 0 saturated carbocycles. The van der Waals surface area contributed by atoms with E-state index in [2.05, 4.69) is 10.6 Å². The second-order valence-corrected chi connectivity index (χ2v) is 7.04. The van der Waals surface area contributed by atoms with Gasteiger partial charge in [0, 0.05) is 13.1 Å². The van der Waals surface area contributed by atoms with Gasteiger partial charge in [-0.2, -0.15) is 0 Å². The fourth-order valence-electron chi connectivity index (χ4n) is 3.93. The van der Waals surface area contributed by atoms with Crippen LogP contribution < -0.4 is 20.1 Å². The van der Waals surface area contributed by atoms with Gasteiger partial charge in [-0.25, -0.2) is 4.79 Å². The number of hydrogen-bond acceptors (Lipinski definition) is 4. The predicted octanol–water partition coefficient (Wildman–Crippen LogP) is 1.97. The summed E-state index contributed by atoms with van der Waals surface area (Å²) in [4.78, 5) is 26.8. The molecule has 0 unspecified atom stereocenters. The summed E-state index contributed by atoms with van der Waals surface area (Å²) >= 11 is 0. The van der Waals surface area contributed by atoms with Gasteiger partial charge in [0.15, 0.2) is 11.5 Å². The molecule has 3 aliphatic rings. The number of urea groups is 1. The number of carbonyl (C=O) groups is 2. The Balaban J connectivity index is 1.47. The number of likely N-dealkylation sites (tertiary alicyclic amines) is 1. The SMILES string of the molecule is O=C1NCCCC[C@H]1NC(=O)N1CCC[C@H]1c1ccc2c(c1)OCCO2. The monoisotopic (exact) mass is 359 g/mol. The number of carbonyl (C=O) groups excluding carboxylic acids is 2. The van der Waals surface area contributed by atoms with Crippen LogP contribution in [0.5, 0.6) is 11.5 Å². The first kappa shape index (κ1) is 17.0. The van der Waals surface area contributed by atoms with Crippen molar-refractivity contribution in [1.29, 1.82) is 0 Å². The molecule has 140 valence electrons. The summed E-state index contributed by atoms with van der Waals surface area (Å²) < 4.78 is 11.2. The summed E-state index contributed by atoms with van der Waals surface area (Å²) in [5.74, 6) is 1.42. The third-order valence-electron chi connectivity index (χ3n) is 5.30. The largest absolute Gasteiger partial charge is 0.486 e. The Hall–Kier alpha value is -2.44. The van der Waals surface area contributed by atoms with Crippen molar-refractivity contribution in [1.82, 2.24) is 15.5 Å². The predicted molar refractivity (Wildman–Crippen MR) is 95.3 cm³/mol. The highest BCUT2D eigenvalue weighted by atomic mass is 16.6. The van der Waals surface area contributed by atoms with E-state index in [9.17, 15) is 9.59 Å². The molecule has 0 aromatic heterocycles. The topological polar surface area (TPSA) is 79.9 Å². The molecule has 3 aliphatic heterocycles. The first-order valence-corrected chi connectivity index (χ1v) is 9.47. The van der Waals surface area contributed by atoms with Crippen LogP contribution in [0.1, 0.15) is 43.7 Å². The summed E-state index contributed by atoms with van der Waals surface area (Å²) in [6.45, 7) is 2.49. The highest BCUT2D eigenvalue weighted by Crippen LogP contribution is 2.38. The second-order valence-electron chi connectivity index (χ2n) is 7.04. The minimum atomic E-state index is -0.438. The fraction of sp³-hybridized carbons (Fsp3) is 0.579. The quantitative estimate of drug-likeness (QED) is 0.846. The molecule has 0 radical (unpaired) electrons. The van der Waals surface area contributed by atoms with E-state index in [1.807, 2.05) is 23.1 Å². The minimum Gasteiger partial charge on any atom is -0.486 e. The molecule has 2 N–H and O–H groups in total. The zero-order valence-electron chi connectivity index (χ0n) is 14.8. The lowest BCUT2D eigenvalue weighted by Crippen LogP contribution is -2.50. The van der Waals surface area contributed by atoms with E-state index < -0.39 is 6.04 Å². The van der Waals surface area contributed by atoms with Gasteiger partial charge < -0.3 is 25.0 Å². The van der Waals surface area contributed by atoms with Crippen LogP contribution in [0.3, 0.4) is 0 Å². The van der Waals surface area contributed by atoms with E-state index in [0.29, 0.717) is 32.7 Å². The van der Waals surface area contributed by atoms with Crippen LogP contribution in [0.2, 0.25) is 0 Å². The van der Waals surface area contributed by atoms with Crippen molar-refractivity contribution in [2.24, 2.45) is 0 Å². The third kappa shape index (κ3) is 3.43. The molecule has 7 heteroatoms. The van der Waals surface area contributed by atoms with Crippen molar-refractivity contribution in [3.63, 3.8) is 0 Å². The first-order valence-electron chi connectivity index (χ1n) is 9.47. The molecule has 3 heterocycles. The van der Waals surface area contributed by atoms with Gasteiger partial charge in [-0.1, -0.05) is 6.07 Å². The van der Waals surface area contributed by atoms with Crippen molar-refractivity contribution in [2.75, 3.05) is 26.3 Å². The molecule has 2 fully saturated rings. The van der Waals surface area contributed by atoms with E-state index in [1.165, 1.54) is 0 Å². The van der Waals surface area contributed by atoms with Crippen LogP contribution in [0.15, 0.2) is 18.2 Å². The van der Waals surface area contributed by atoms with Crippen LogP contribution in [0, 0.1) is 0 Å². The van der Waals surface area contributed by atoms with E-state index in [0.717, 1.165) is 42.7 Å². The zero-order valence-corrected chi connectivity index (χ0v) is 14.8. The molecule has 1 aromatic rings. The maximum Gasteiger partial charge on any atom is 0.318 e. The van der Waals surface area contributed by atoms with Gasteiger partial charge in [0.1, 0.15) is 19.3 Å². The lowest BCUT2D eigenvalue weighted by molar-refractivity contribution is -0.122. The zero-order chi connectivity index (χ0) is 17.9. The van der Waals surface area contributed by atoms with Crippen molar-refractivity contribution < 1.29 is 19.1 Å². The fourth-order valence-corrected chi connectivity index (χ4v) is 3.93. The van der Waals surface area contributed by atoms with E-state index in [4.69, 9.17) is 9.47 Å². The number of ether oxygens (including phenoxy) is 2. The molecule has 1 aromatic carbocycles. The highest BCUT2D eigenvalue weighted by Gasteiger charge is 2.33. The normalized spacial score (nSPS) is 25.4. The smallest absolute Gasteiger partial charge is 0.318 e. The second kappa shape index (κ2) is 7.43. The maximum absolute atomic E-state index is 12.8. The first-order chi connectivity index (χ1) is 12.7. The number of hydrogen-bond donors (Lipinski definition) is 2. The van der Waals surface area contributed by atoms with Gasteiger partial charge in [0.2, 0.25) is 5.91 Å². The molecule has 0 spiro atoms. The number of benzene rings is 1. The summed E-state index contributed by atoms with van der Waals surface area (Å²) in [7, 11) is 0.